The van der Waals surface area contributed by atoms with Crippen LogP contribution >= 0.6 is 0 Å². The third kappa shape index (κ3) is 3.28. The molecule has 1 fully saturated rings. The normalized spacial score (nSPS) is 15.4. The molecule has 29 heavy (non-hydrogen) atoms. The minimum atomic E-state index is -3.78. The molecule has 1 aliphatic rings. The zero-order valence-electron chi connectivity index (χ0n) is 15.9. The molecule has 1 saturated heterocycles. The Labute approximate surface area is 169 Å². The first-order valence-corrected chi connectivity index (χ1v) is 10.7. The van der Waals surface area contributed by atoms with Crippen molar-refractivity contribution in [2.45, 2.75) is 4.90 Å². The minimum Gasteiger partial charge on any atom is -0.340 e. The van der Waals surface area contributed by atoms with Gasteiger partial charge in [0.25, 0.3) is 5.91 Å². The summed E-state index contributed by atoms with van der Waals surface area (Å²) in [6, 6.07) is 17.8. The van der Waals surface area contributed by atoms with Crippen molar-refractivity contribution in [2.24, 2.45) is 7.05 Å². The van der Waals surface area contributed by atoms with Crippen molar-refractivity contribution in [3.05, 3.63) is 65.9 Å². The number of benzene rings is 2. The smallest absolute Gasteiger partial charge is 0.270 e. The lowest BCUT2D eigenvalue weighted by Gasteiger charge is -2.34. The maximum Gasteiger partial charge on any atom is 0.270 e. The van der Waals surface area contributed by atoms with E-state index < -0.39 is 10.0 Å². The van der Waals surface area contributed by atoms with E-state index >= 15 is 0 Å². The van der Waals surface area contributed by atoms with Crippen molar-refractivity contribution >= 4 is 26.8 Å². The summed E-state index contributed by atoms with van der Waals surface area (Å²) < 4.78 is 29.1. The molecule has 2 heterocycles. The van der Waals surface area contributed by atoms with E-state index in [0.29, 0.717) is 18.8 Å². The Hall–Kier alpha value is -3.15. The number of sulfonamides is 1. The number of aryl methyl sites for hydroxylation is 1. The molecule has 0 unspecified atom stereocenters. The molecule has 0 atom stereocenters. The maximum absolute atomic E-state index is 13.0. The molecule has 0 radical (unpaired) electrons. The van der Waals surface area contributed by atoms with Gasteiger partial charge >= 0.3 is 0 Å². The van der Waals surface area contributed by atoms with Crippen LogP contribution in [0.2, 0.25) is 0 Å². The van der Waals surface area contributed by atoms with Gasteiger partial charge in [-0.2, -0.15) is 9.57 Å². The zero-order valence-corrected chi connectivity index (χ0v) is 16.8. The summed E-state index contributed by atoms with van der Waals surface area (Å²) >= 11 is 0. The Kier molecular flexibility index (Phi) is 4.86. The number of aromatic nitrogens is 1. The van der Waals surface area contributed by atoms with Crippen molar-refractivity contribution in [3.8, 4) is 6.07 Å². The number of hydrogen-bond acceptors (Lipinski definition) is 4. The van der Waals surface area contributed by atoms with E-state index in [9.17, 15) is 18.5 Å². The lowest BCUT2D eigenvalue weighted by molar-refractivity contribution is 0.0688. The van der Waals surface area contributed by atoms with E-state index in [0.717, 1.165) is 10.9 Å². The van der Waals surface area contributed by atoms with Crippen molar-refractivity contribution in [1.82, 2.24) is 13.8 Å². The van der Waals surface area contributed by atoms with E-state index in [1.54, 1.807) is 17.0 Å². The Bertz CT molecular complexity index is 1230. The lowest BCUT2D eigenvalue weighted by Crippen LogP contribution is -2.50. The highest BCUT2D eigenvalue weighted by molar-refractivity contribution is 7.89. The molecule has 8 heteroatoms. The highest BCUT2D eigenvalue weighted by atomic mass is 32.2. The number of rotatable bonds is 3. The van der Waals surface area contributed by atoms with Gasteiger partial charge in [-0.1, -0.05) is 30.3 Å². The van der Waals surface area contributed by atoms with Gasteiger partial charge in [0.15, 0.2) is 0 Å². The van der Waals surface area contributed by atoms with Gasteiger partial charge in [0.1, 0.15) is 11.8 Å². The number of carbonyl (C=O) groups excluding carboxylic acids is 1. The average molecular weight is 408 g/mol. The average Bonchev–Trinajstić information content (AvgIpc) is 3.10. The summed E-state index contributed by atoms with van der Waals surface area (Å²) in [5.74, 6) is -0.113. The van der Waals surface area contributed by atoms with Crippen LogP contribution in [0.4, 0.5) is 0 Å². The van der Waals surface area contributed by atoms with Gasteiger partial charge in [0.2, 0.25) is 10.0 Å². The van der Waals surface area contributed by atoms with Crippen molar-refractivity contribution in [1.29, 1.82) is 5.26 Å². The standard InChI is InChI=1S/C21H20N4O3S/c1-23-18-8-4-2-6-16(18)14-19(23)21(26)24-10-12-25(13-11-24)29(27,28)20-9-5-3-7-17(20)15-22/h2-9,14H,10-13H2,1H3. The van der Waals surface area contributed by atoms with Crippen LogP contribution in [0.15, 0.2) is 59.5 Å². The van der Waals surface area contributed by atoms with Crippen LogP contribution in [0.5, 0.6) is 0 Å². The fourth-order valence-corrected chi connectivity index (χ4v) is 5.28. The first-order chi connectivity index (χ1) is 13.9. The van der Waals surface area contributed by atoms with E-state index in [-0.39, 0.29) is 29.5 Å². The van der Waals surface area contributed by atoms with Crippen LogP contribution in [0.3, 0.4) is 0 Å². The SMILES string of the molecule is Cn1c(C(=O)N2CCN(S(=O)(=O)c3ccccc3C#N)CC2)cc2ccccc21. The molecule has 0 N–H and O–H groups in total. The van der Waals surface area contributed by atoms with Gasteiger partial charge in [-0.05, 0) is 24.3 Å². The van der Waals surface area contributed by atoms with Gasteiger partial charge < -0.3 is 9.47 Å². The van der Waals surface area contributed by atoms with Crippen LogP contribution < -0.4 is 0 Å². The van der Waals surface area contributed by atoms with Crippen LogP contribution in [0, 0.1) is 11.3 Å². The molecule has 0 saturated carbocycles. The molecule has 3 aromatic rings. The molecular formula is C21H20N4O3S. The number of carbonyl (C=O) groups is 1. The summed E-state index contributed by atoms with van der Waals surface area (Å²) in [4.78, 5) is 14.7. The molecular weight excluding hydrogens is 388 g/mol. The third-order valence-corrected chi connectivity index (χ3v) is 7.28. The second-order valence-corrected chi connectivity index (χ2v) is 8.86. The molecule has 2 aromatic carbocycles. The Morgan fingerprint density at radius 3 is 2.34 bits per heavy atom. The molecule has 4 rings (SSSR count). The van der Waals surface area contributed by atoms with Crippen LogP contribution in [0.1, 0.15) is 16.1 Å². The minimum absolute atomic E-state index is 0.0101. The third-order valence-electron chi connectivity index (χ3n) is 5.32. The fourth-order valence-electron chi connectivity index (χ4n) is 3.71. The number of fused-ring (bicyclic) bond motifs is 1. The van der Waals surface area contributed by atoms with Crippen molar-refractivity contribution < 1.29 is 13.2 Å². The van der Waals surface area contributed by atoms with Gasteiger partial charge in [0.05, 0.1) is 10.5 Å². The lowest BCUT2D eigenvalue weighted by atomic mass is 10.2. The van der Waals surface area contributed by atoms with Crippen LogP contribution in [0.25, 0.3) is 10.9 Å². The van der Waals surface area contributed by atoms with Crippen molar-refractivity contribution in [3.63, 3.8) is 0 Å². The number of hydrogen-bond donors (Lipinski definition) is 0. The zero-order chi connectivity index (χ0) is 20.6. The van der Waals surface area contributed by atoms with Gasteiger partial charge in [-0.25, -0.2) is 8.42 Å². The highest BCUT2D eigenvalue weighted by Crippen LogP contribution is 2.23. The number of piperazine rings is 1. The molecule has 1 aliphatic heterocycles. The summed E-state index contributed by atoms with van der Waals surface area (Å²) in [6.45, 7) is 0.984. The van der Waals surface area contributed by atoms with Crippen LogP contribution in [-0.2, 0) is 17.1 Å². The maximum atomic E-state index is 13.0. The molecule has 148 valence electrons. The number of para-hydroxylation sites is 1. The number of nitrogens with zero attached hydrogens (tertiary/aromatic N) is 4. The van der Waals surface area contributed by atoms with Gasteiger partial charge in [0, 0.05) is 44.1 Å². The summed E-state index contributed by atoms with van der Waals surface area (Å²) in [7, 11) is -1.92. The Morgan fingerprint density at radius 2 is 1.66 bits per heavy atom. The molecule has 1 aromatic heterocycles. The Balaban J connectivity index is 1.52. The molecule has 0 bridgehead atoms. The highest BCUT2D eigenvalue weighted by Gasteiger charge is 2.32. The van der Waals surface area contributed by atoms with Gasteiger partial charge in [-0.15, -0.1) is 0 Å². The second-order valence-electron chi connectivity index (χ2n) is 6.95. The summed E-state index contributed by atoms with van der Waals surface area (Å²) in [5.41, 5.74) is 1.68. The predicted octanol–water partition coefficient (Wildman–Crippen LogP) is 2.20. The van der Waals surface area contributed by atoms with E-state index in [1.807, 2.05) is 48.0 Å². The quantitative estimate of drug-likeness (QED) is 0.665. The topological polar surface area (TPSA) is 86.4 Å². The second kappa shape index (κ2) is 7.35. The molecule has 0 aliphatic carbocycles. The molecule has 0 spiro atoms. The first kappa shape index (κ1) is 19.2. The van der Waals surface area contributed by atoms with Crippen LogP contribution in [-0.4, -0.2) is 54.3 Å². The Morgan fingerprint density at radius 1 is 1.00 bits per heavy atom. The largest absolute Gasteiger partial charge is 0.340 e. The van der Waals surface area contributed by atoms with Crippen molar-refractivity contribution in [2.75, 3.05) is 26.2 Å². The monoisotopic (exact) mass is 408 g/mol. The summed E-state index contributed by atoms with van der Waals surface area (Å²) in [6.07, 6.45) is 0. The van der Waals surface area contributed by atoms with E-state index in [4.69, 9.17) is 0 Å². The number of nitriles is 1. The van der Waals surface area contributed by atoms with E-state index in [1.165, 1.54) is 16.4 Å². The first-order valence-electron chi connectivity index (χ1n) is 9.26. The molecule has 1 amide bonds. The fraction of sp³-hybridized carbons (Fsp3) is 0.238. The van der Waals surface area contributed by atoms with Gasteiger partial charge in [-0.3, -0.25) is 4.79 Å². The summed E-state index contributed by atoms with van der Waals surface area (Å²) in [5, 5.41) is 10.2. The molecule has 7 nitrogen and oxygen atoms in total. The van der Waals surface area contributed by atoms with E-state index in [2.05, 4.69) is 0 Å². The number of amides is 1. The predicted molar refractivity (Wildman–Crippen MR) is 109 cm³/mol.